The third kappa shape index (κ3) is 6.67. The van der Waals surface area contributed by atoms with Gasteiger partial charge in [0.25, 0.3) is 0 Å². The van der Waals surface area contributed by atoms with Crippen LogP contribution in [0.4, 0.5) is 5.69 Å². The minimum atomic E-state index is -0.00453. The molecule has 1 fully saturated rings. The fraction of sp³-hybridized carbons (Fsp3) is 0.458. The van der Waals surface area contributed by atoms with Crippen molar-refractivity contribution in [3.8, 4) is 5.75 Å². The molecule has 0 saturated carbocycles. The number of carbonyl (C=O) groups is 1. The van der Waals surface area contributed by atoms with E-state index in [1.54, 1.807) is 12.1 Å². The van der Waals surface area contributed by atoms with Crippen molar-refractivity contribution in [2.75, 3.05) is 24.6 Å². The zero-order valence-corrected chi connectivity index (χ0v) is 18.1. The molecule has 1 N–H and O–H groups in total. The Labute approximate surface area is 179 Å². The number of hydrogen-bond donors (Lipinski definition) is 1. The van der Waals surface area contributed by atoms with Gasteiger partial charge in [-0.05, 0) is 74.1 Å². The van der Waals surface area contributed by atoms with Crippen molar-refractivity contribution in [3.05, 3.63) is 59.1 Å². The van der Waals surface area contributed by atoms with Gasteiger partial charge in [0, 0.05) is 30.2 Å². The second-order valence-electron chi connectivity index (χ2n) is 7.96. The number of nitrogens with zero attached hydrogens (tertiary/aromatic N) is 1. The lowest BCUT2D eigenvalue weighted by Crippen LogP contribution is -2.32. The van der Waals surface area contributed by atoms with Crippen LogP contribution in [-0.2, 0) is 4.79 Å². The van der Waals surface area contributed by atoms with E-state index >= 15 is 0 Å². The van der Waals surface area contributed by atoms with Crippen LogP contribution in [0.25, 0.3) is 0 Å². The van der Waals surface area contributed by atoms with Gasteiger partial charge in [-0.3, -0.25) is 4.79 Å². The molecule has 1 aliphatic rings. The van der Waals surface area contributed by atoms with Crippen molar-refractivity contribution in [1.82, 2.24) is 5.32 Å². The first kappa shape index (κ1) is 21.5. The molecule has 156 valence electrons. The van der Waals surface area contributed by atoms with E-state index in [0.29, 0.717) is 24.5 Å². The number of rotatable bonds is 8. The van der Waals surface area contributed by atoms with Crippen LogP contribution < -0.4 is 15.0 Å². The highest BCUT2D eigenvalue weighted by molar-refractivity contribution is 6.30. The molecule has 2 aromatic rings. The predicted molar refractivity (Wildman–Crippen MR) is 120 cm³/mol. The van der Waals surface area contributed by atoms with Crippen LogP contribution in [0.2, 0.25) is 5.02 Å². The van der Waals surface area contributed by atoms with Gasteiger partial charge < -0.3 is 15.0 Å². The summed E-state index contributed by atoms with van der Waals surface area (Å²) in [5.41, 5.74) is 2.41. The summed E-state index contributed by atoms with van der Waals surface area (Å²) in [5.74, 6) is 1.65. The summed E-state index contributed by atoms with van der Waals surface area (Å²) >= 11 is 5.86. The van der Waals surface area contributed by atoms with E-state index in [1.165, 1.54) is 18.5 Å². The van der Waals surface area contributed by atoms with E-state index in [2.05, 4.69) is 41.4 Å². The smallest absolute Gasteiger partial charge is 0.220 e. The number of piperidine rings is 1. The first-order valence-electron chi connectivity index (χ1n) is 10.5. The predicted octanol–water partition coefficient (Wildman–Crippen LogP) is 5.61. The molecule has 0 radical (unpaired) electrons. The molecule has 0 bridgehead atoms. The van der Waals surface area contributed by atoms with E-state index in [1.807, 2.05) is 19.1 Å². The van der Waals surface area contributed by atoms with Crippen molar-refractivity contribution in [1.29, 1.82) is 0 Å². The van der Waals surface area contributed by atoms with Crippen LogP contribution in [0, 0.1) is 5.92 Å². The van der Waals surface area contributed by atoms with Crippen molar-refractivity contribution in [3.63, 3.8) is 0 Å². The highest BCUT2D eigenvalue weighted by Gasteiger charge is 2.16. The molecule has 1 heterocycles. The zero-order chi connectivity index (χ0) is 20.6. The van der Waals surface area contributed by atoms with Gasteiger partial charge in [-0.15, -0.1) is 0 Å². The van der Waals surface area contributed by atoms with Crippen LogP contribution in [0.5, 0.6) is 5.75 Å². The zero-order valence-electron chi connectivity index (χ0n) is 17.4. The number of carbonyl (C=O) groups excluding carboxylic acids is 1. The van der Waals surface area contributed by atoms with Crippen molar-refractivity contribution in [2.24, 2.45) is 5.92 Å². The lowest BCUT2D eigenvalue weighted by atomic mass is 9.98. The Morgan fingerprint density at radius 2 is 1.79 bits per heavy atom. The number of amides is 1. The van der Waals surface area contributed by atoms with Crippen molar-refractivity contribution >= 4 is 23.2 Å². The number of hydrogen-bond acceptors (Lipinski definition) is 3. The maximum absolute atomic E-state index is 12.2. The minimum absolute atomic E-state index is 0.00453. The van der Waals surface area contributed by atoms with Crippen molar-refractivity contribution in [2.45, 2.75) is 45.6 Å². The highest BCUT2D eigenvalue weighted by Crippen LogP contribution is 2.24. The quantitative estimate of drug-likeness (QED) is 0.570. The minimum Gasteiger partial charge on any atom is -0.494 e. The summed E-state index contributed by atoms with van der Waals surface area (Å²) in [7, 11) is 0. The molecule has 4 nitrogen and oxygen atoms in total. The van der Waals surface area contributed by atoms with Gasteiger partial charge in [-0.25, -0.2) is 0 Å². The molecule has 2 aromatic carbocycles. The number of benzene rings is 2. The van der Waals surface area contributed by atoms with Crippen LogP contribution in [0.3, 0.4) is 0 Å². The molecule has 5 heteroatoms. The van der Waals surface area contributed by atoms with E-state index < -0.39 is 0 Å². The van der Waals surface area contributed by atoms with Gasteiger partial charge >= 0.3 is 0 Å². The molecule has 0 spiro atoms. The van der Waals surface area contributed by atoms with Gasteiger partial charge in [0.05, 0.1) is 12.6 Å². The maximum Gasteiger partial charge on any atom is 0.220 e. The van der Waals surface area contributed by atoms with Gasteiger partial charge in [-0.2, -0.15) is 0 Å². The second kappa shape index (κ2) is 10.5. The fourth-order valence-electron chi connectivity index (χ4n) is 3.59. The molecular weight excluding hydrogens is 384 g/mol. The number of ether oxygens (including phenoxy) is 1. The van der Waals surface area contributed by atoms with Gasteiger partial charge in [-0.1, -0.05) is 30.7 Å². The molecular formula is C24H31ClN2O2. The molecule has 3 rings (SSSR count). The van der Waals surface area contributed by atoms with Gasteiger partial charge in [0.1, 0.15) is 5.75 Å². The molecule has 1 amide bonds. The maximum atomic E-state index is 12.2. The Hall–Kier alpha value is -2.20. The molecule has 1 aliphatic heterocycles. The molecule has 0 aliphatic carbocycles. The first-order valence-corrected chi connectivity index (χ1v) is 10.9. The molecule has 1 saturated heterocycles. The average molecular weight is 415 g/mol. The largest absolute Gasteiger partial charge is 0.494 e. The Balaban J connectivity index is 1.39. The lowest BCUT2D eigenvalue weighted by molar-refractivity contribution is -0.121. The average Bonchev–Trinajstić information content (AvgIpc) is 2.73. The summed E-state index contributed by atoms with van der Waals surface area (Å²) < 4.78 is 5.64. The fourth-order valence-corrected chi connectivity index (χ4v) is 3.72. The van der Waals surface area contributed by atoms with Crippen LogP contribution >= 0.6 is 11.6 Å². The van der Waals surface area contributed by atoms with E-state index in [-0.39, 0.29) is 11.9 Å². The number of halogens is 1. The summed E-state index contributed by atoms with van der Waals surface area (Å²) in [6.45, 7) is 7.12. The lowest BCUT2D eigenvalue weighted by Gasteiger charge is -2.32. The Morgan fingerprint density at radius 3 is 2.45 bits per heavy atom. The van der Waals surface area contributed by atoms with E-state index in [9.17, 15) is 4.79 Å². The summed E-state index contributed by atoms with van der Waals surface area (Å²) in [4.78, 5) is 14.7. The van der Waals surface area contributed by atoms with Crippen LogP contribution in [-0.4, -0.2) is 25.6 Å². The number of nitrogens with one attached hydrogen (secondary N) is 1. The molecule has 0 unspecified atom stereocenters. The van der Waals surface area contributed by atoms with Gasteiger partial charge in [0.2, 0.25) is 5.91 Å². The molecule has 29 heavy (non-hydrogen) atoms. The number of anilines is 1. The monoisotopic (exact) mass is 414 g/mol. The first-order chi connectivity index (χ1) is 14.0. The normalized spacial score (nSPS) is 15.8. The third-order valence-corrected chi connectivity index (χ3v) is 5.80. The standard InChI is InChI=1S/C24H31ClN2O2/c1-18-13-15-27(16-14-18)22-9-5-20(6-10-22)19(2)26-24(28)4-3-17-29-23-11-7-21(25)8-12-23/h5-12,18-19H,3-4,13-17H2,1-2H3,(H,26,28)/t19-/m0/s1. The van der Waals surface area contributed by atoms with E-state index in [4.69, 9.17) is 16.3 Å². The van der Waals surface area contributed by atoms with Crippen LogP contribution in [0.15, 0.2) is 48.5 Å². The molecule has 0 aromatic heterocycles. The van der Waals surface area contributed by atoms with Crippen molar-refractivity contribution < 1.29 is 9.53 Å². The summed E-state index contributed by atoms with van der Waals surface area (Å²) in [6.07, 6.45) is 3.64. The summed E-state index contributed by atoms with van der Waals surface area (Å²) in [6, 6.07) is 15.9. The highest BCUT2D eigenvalue weighted by atomic mass is 35.5. The Kier molecular flexibility index (Phi) is 7.82. The molecule has 1 atom stereocenters. The second-order valence-corrected chi connectivity index (χ2v) is 8.39. The third-order valence-electron chi connectivity index (χ3n) is 5.55. The topological polar surface area (TPSA) is 41.6 Å². The van der Waals surface area contributed by atoms with E-state index in [0.717, 1.165) is 30.3 Å². The van der Waals surface area contributed by atoms with Crippen LogP contribution in [0.1, 0.15) is 51.1 Å². The Morgan fingerprint density at radius 1 is 1.14 bits per heavy atom. The summed E-state index contributed by atoms with van der Waals surface area (Å²) in [5, 5.41) is 3.77. The SMILES string of the molecule is CC1CCN(c2ccc([C@H](C)NC(=O)CCCOc3ccc(Cl)cc3)cc2)CC1. The van der Waals surface area contributed by atoms with Gasteiger partial charge in [0.15, 0.2) is 0 Å². The Bertz CT molecular complexity index is 768.